The van der Waals surface area contributed by atoms with E-state index in [1.807, 2.05) is 0 Å². The van der Waals surface area contributed by atoms with Gasteiger partial charge < -0.3 is 5.73 Å². The molecular weight excluding hydrogens is 364 g/mol. The molecule has 3 N–H and O–H groups in total. The van der Waals surface area contributed by atoms with E-state index < -0.39 is 10.0 Å². The van der Waals surface area contributed by atoms with E-state index in [0.29, 0.717) is 20.7 Å². The summed E-state index contributed by atoms with van der Waals surface area (Å²) in [4.78, 5) is 0.175. The number of hydrogen-bond acceptors (Lipinski definition) is 3. The summed E-state index contributed by atoms with van der Waals surface area (Å²) in [5.41, 5.74) is 6.55. The zero-order chi connectivity index (χ0) is 14.8. The minimum absolute atomic E-state index is 0.154. The van der Waals surface area contributed by atoms with Crippen molar-refractivity contribution in [1.29, 1.82) is 0 Å². The van der Waals surface area contributed by atoms with Gasteiger partial charge in [-0.15, -0.1) is 0 Å². The van der Waals surface area contributed by atoms with Crippen molar-refractivity contribution in [3.63, 3.8) is 0 Å². The summed E-state index contributed by atoms with van der Waals surface area (Å²) in [6.07, 6.45) is 0. The van der Waals surface area contributed by atoms with E-state index in [1.165, 1.54) is 6.07 Å². The molecule has 0 aliphatic carbocycles. The molecule has 0 heterocycles. The summed E-state index contributed by atoms with van der Waals surface area (Å²) in [6, 6.07) is 11.4. The van der Waals surface area contributed by atoms with Crippen molar-refractivity contribution in [3.8, 4) is 0 Å². The lowest BCUT2D eigenvalue weighted by Gasteiger charge is -2.11. The molecule has 106 valence electrons. The third-order valence-corrected chi connectivity index (χ3v) is 5.35. The first-order valence-corrected chi connectivity index (χ1v) is 8.35. The summed E-state index contributed by atoms with van der Waals surface area (Å²) in [7, 11) is -3.68. The number of nitrogens with two attached hydrogens (primary N) is 1. The lowest BCUT2D eigenvalue weighted by atomic mass is 10.2. The van der Waals surface area contributed by atoms with Crippen molar-refractivity contribution in [2.24, 2.45) is 5.73 Å². The fourth-order valence-corrected chi connectivity index (χ4v) is 3.50. The molecule has 2 rings (SSSR count). The Balaban J connectivity index is 2.38. The molecule has 0 aromatic heterocycles. The smallest absolute Gasteiger partial charge is 0.262 e. The molecule has 2 aromatic rings. The summed E-state index contributed by atoms with van der Waals surface area (Å²) in [6.45, 7) is 0.154. The molecule has 0 unspecified atom stereocenters. The molecule has 0 fully saturated rings. The first-order valence-electron chi connectivity index (χ1n) is 5.70. The van der Waals surface area contributed by atoms with Gasteiger partial charge in [0.15, 0.2) is 0 Å². The third kappa shape index (κ3) is 3.32. The van der Waals surface area contributed by atoms with Gasteiger partial charge in [-0.1, -0.05) is 29.8 Å². The molecule has 4 nitrogen and oxygen atoms in total. The summed E-state index contributed by atoms with van der Waals surface area (Å²) in [5, 5.41) is 0.510. The largest absolute Gasteiger partial charge is 0.326 e. The van der Waals surface area contributed by atoms with Gasteiger partial charge in [-0.3, -0.25) is 4.72 Å². The number of benzene rings is 2. The lowest BCUT2D eigenvalue weighted by molar-refractivity contribution is 0.600. The van der Waals surface area contributed by atoms with Crippen LogP contribution in [0.4, 0.5) is 5.69 Å². The zero-order valence-electron chi connectivity index (χ0n) is 10.3. The van der Waals surface area contributed by atoms with Crippen LogP contribution in [0.15, 0.2) is 51.8 Å². The second-order valence-electron chi connectivity index (χ2n) is 4.05. The van der Waals surface area contributed by atoms with Gasteiger partial charge in [0.05, 0.1) is 15.6 Å². The SMILES string of the molecule is NCc1ccccc1S(=O)(=O)Nc1ccc(Cl)c(Br)c1. The van der Waals surface area contributed by atoms with Crippen LogP contribution in [0.2, 0.25) is 5.02 Å². The van der Waals surface area contributed by atoms with Gasteiger partial charge in [-0.2, -0.15) is 0 Å². The topological polar surface area (TPSA) is 72.2 Å². The van der Waals surface area contributed by atoms with Crippen LogP contribution in [0.3, 0.4) is 0 Å². The lowest BCUT2D eigenvalue weighted by Crippen LogP contribution is -2.16. The maximum Gasteiger partial charge on any atom is 0.262 e. The van der Waals surface area contributed by atoms with Crippen LogP contribution < -0.4 is 10.5 Å². The highest BCUT2D eigenvalue weighted by molar-refractivity contribution is 9.10. The van der Waals surface area contributed by atoms with Gasteiger partial charge >= 0.3 is 0 Å². The number of sulfonamides is 1. The van der Waals surface area contributed by atoms with Gasteiger partial charge in [0.25, 0.3) is 10.0 Å². The molecule has 0 aliphatic rings. The van der Waals surface area contributed by atoms with Gasteiger partial charge in [-0.05, 0) is 45.8 Å². The van der Waals surface area contributed by atoms with Crippen molar-refractivity contribution in [3.05, 3.63) is 57.5 Å². The van der Waals surface area contributed by atoms with Gasteiger partial charge in [0.2, 0.25) is 0 Å². The average molecular weight is 376 g/mol. The zero-order valence-corrected chi connectivity index (χ0v) is 13.5. The molecule has 20 heavy (non-hydrogen) atoms. The molecular formula is C13H12BrClN2O2S. The molecule has 0 radical (unpaired) electrons. The summed E-state index contributed by atoms with van der Waals surface area (Å²) >= 11 is 9.13. The highest BCUT2D eigenvalue weighted by Crippen LogP contribution is 2.27. The molecule has 0 spiro atoms. The van der Waals surface area contributed by atoms with E-state index in [-0.39, 0.29) is 11.4 Å². The second kappa shape index (κ2) is 6.13. The van der Waals surface area contributed by atoms with Crippen LogP contribution in [0.5, 0.6) is 0 Å². The Morgan fingerprint density at radius 2 is 1.90 bits per heavy atom. The first kappa shape index (κ1) is 15.3. The molecule has 7 heteroatoms. The number of anilines is 1. The predicted octanol–water partition coefficient (Wildman–Crippen LogP) is 3.36. The minimum Gasteiger partial charge on any atom is -0.326 e. The van der Waals surface area contributed by atoms with Crippen LogP contribution in [-0.4, -0.2) is 8.42 Å². The van der Waals surface area contributed by atoms with Crippen molar-refractivity contribution in [2.75, 3.05) is 4.72 Å². The van der Waals surface area contributed by atoms with Gasteiger partial charge in [0.1, 0.15) is 0 Å². The van der Waals surface area contributed by atoms with Crippen LogP contribution in [0.1, 0.15) is 5.56 Å². The van der Waals surface area contributed by atoms with Crippen molar-refractivity contribution >= 4 is 43.2 Å². The van der Waals surface area contributed by atoms with Gasteiger partial charge in [-0.25, -0.2) is 8.42 Å². The standard InChI is InChI=1S/C13H12BrClN2O2S/c14-11-7-10(5-6-12(11)15)17-20(18,19)13-4-2-1-3-9(13)8-16/h1-7,17H,8,16H2. The number of halogens is 2. The van der Waals surface area contributed by atoms with E-state index in [0.717, 1.165) is 0 Å². The van der Waals surface area contributed by atoms with Crippen LogP contribution >= 0.6 is 27.5 Å². The first-order chi connectivity index (χ1) is 9.44. The average Bonchev–Trinajstić information content (AvgIpc) is 2.42. The minimum atomic E-state index is -3.68. The van der Waals surface area contributed by atoms with Crippen LogP contribution in [0, 0.1) is 0 Å². The Bertz CT molecular complexity index is 735. The fourth-order valence-electron chi connectivity index (χ4n) is 1.70. The van der Waals surface area contributed by atoms with E-state index in [1.54, 1.807) is 36.4 Å². The molecule has 0 bridgehead atoms. The summed E-state index contributed by atoms with van der Waals surface area (Å²) in [5.74, 6) is 0. The Morgan fingerprint density at radius 1 is 1.20 bits per heavy atom. The number of nitrogens with one attached hydrogen (secondary N) is 1. The quantitative estimate of drug-likeness (QED) is 0.860. The Labute approximate surface area is 131 Å². The Morgan fingerprint density at radius 3 is 2.55 bits per heavy atom. The molecule has 0 aliphatic heterocycles. The van der Waals surface area contributed by atoms with E-state index in [2.05, 4.69) is 20.7 Å². The number of rotatable bonds is 4. The number of hydrogen-bond donors (Lipinski definition) is 2. The normalized spacial score (nSPS) is 11.3. The monoisotopic (exact) mass is 374 g/mol. The van der Waals surface area contributed by atoms with Crippen molar-refractivity contribution in [2.45, 2.75) is 11.4 Å². The van der Waals surface area contributed by atoms with Gasteiger partial charge in [0, 0.05) is 11.0 Å². The maximum absolute atomic E-state index is 12.4. The Kier molecular flexibility index (Phi) is 4.70. The molecule has 0 saturated carbocycles. The van der Waals surface area contributed by atoms with Crippen LogP contribution in [-0.2, 0) is 16.6 Å². The fraction of sp³-hybridized carbons (Fsp3) is 0.0769. The maximum atomic E-state index is 12.4. The highest BCUT2D eigenvalue weighted by Gasteiger charge is 2.17. The highest BCUT2D eigenvalue weighted by atomic mass is 79.9. The third-order valence-electron chi connectivity index (χ3n) is 2.65. The van der Waals surface area contributed by atoms with E-state index in [9.17, 15) is 8.42 Å². The second-order valence-corrected chi connectivity index (χ2v) is 6.96. The van der Waals surface area contributed by atoms with Crippen LogP contribution in [0.25, 0.3) is 0 Å². The van der Waals surface area contributed by atoms with Crippen molar-refractivity contribution in [1.82, 2.24) is 0 Å². The van der Waals surface area contributed by atoms with Crippen molar-refractivity contribution < 1.29 is 8.42 Å². The molecule has 0 saturated heterocycles. The molecule has 0 atom stereocenters. The van der Waals surface area contributed by atoms with E-state index >= 15 is 0 Å². The predicted molar refractivity (Wildman–Crippen MR) is 84.3 cm³/mol. The Hall–Kier alpha value is -1.08. The summed E-state index contributed by atoms with van der Waals surface area (Å²) < 4.78 is 27.8. The van der Waals surface area contributed by atoms with E-state index in [4.69, 9.17) is 17.3 Å². The molecule has 0 amide bonds. The molecule has 2 aromatic carbocycles.